The first-order chi connectivity index (χ1) is 23.1. The van der Waals surface area contributed by atoms with Crippen molar-refractivity contribution in [2.45, 2.75) is 218 Å². The van der Waals surface area contributed by atoms with Gasteiger partial charge in [-0.25, -0.2) is 0 Å². The third-order valence-electron chi connectivity index (χ3n) is 10.2. The average molecular weight is 701 g/mol. The molecule has 0 N–H and O–H groups in total. The topological polar surface area (TPSA) is 36.9 Å². The minimum atomic E-state index is -0.135. The molecule has 0 aliphatic carbocycles. The van der Waals surface area contributed by atoms with Crippen LogP contribution in [0.3, 0.4) is 0 Å². The standard InChI is InChI=1S/C41H80O4S2/c1-5-7-9-11-13-15-17-19-21-23-25-27-29-46-37(3)31-39-42-33-41(34-43-39)35-44-40(45-36-41)32-38(4)47-30-28-26-24-22-20-18-16-14-12-10-8-6-2/h37-40H,5-36H2,1-4H3. The highest BCUT2D eigenvalue weighted by molar-refractivity contribution is 8.00. The van der Waals surface area contributed by atoms with Gasteiger partial charge in [0.15, 0.2) is 12.6 Å². The van der Waals surface area contributed by atoms with Gasteiger partial charge in [0.2, 0.25) is 0 Å². The molecule has 2 rings (SSSR count). The Balaban J connectivity index is 1.38. The quantitative estimate of drug-likeness (QED) is 0.0650. The molecule has 47 heavy (non-hydrogen) atoms. The predicted octanol–water partition coefficient (Wildman–Crippen LogP) is 13.1. The lowest BCUT2D eigenvalue weighted by Crippen LogP contribution is -2.52. The zero-order valence-corrected chi connectivity index (χ0v) is 33.5. The van der Waals surface area contributed by atoms with E-state index in [1.54, 1.807) is 0 Å². The van der Waals surface area contributed by atoms with Crippen LogP contribution in [0.1, 0.15) is 195 Å². The summed E-state index contributed by atoms with van der Waals surface area (Å²) in [5.41, 5.74) is -0.135. The molecule has 4 nitrogen and oxygen atoms in total. The van der Waals surface area contributed by atoms with E-state index in [4.69, 9.17) is 18.9 Å². The molecule has 2 aliphatic heterocycles. The summed E-state index contributed by atoms with van der Waals surface area (Å²) in [5, 5.41) is 1.14. The Labute approximate surface area is 302 Å². The lowest BCUT2D eigenvalue weighted by Gasteiger charge is -2.44. The van der Waals surface area contributed by atoms with Crippen LogP contribution in [0.4, 0.5) is 0 Å². The van der Waals surface area contributed by atoms with Gasteiger partial charge in [0.05, 0.1) is 31.8 Å². The van der Waals surface area contributed by atoms with Crippen LogP contribution in [-0.2, 0) is 18.9 Å². The molecule has 0 aromatic carbocycles. The van der Waals surface area contributed by atoms with E-state index in [1.807, 2.05) is 0 Å². The minimum Gasteiger partial charge on any atom is -0.352 e. The van der Waals surface area contributed by atoms with Gasteiger partial charge >= 0.3 is 0 Å². The zero-order chi connectivity index (χ0) is 33.7. The first-order valence-electron chi connectivity index (χ1n) is 20.8. The molecule has 0 bridgehead atoms. The summed E-state index contributed by atoms with van der Waals surface area (Å²) in [7, 11) is 0. The second-order valence-electron chi connectivity index (χ2n) is 15.2. The average Bonchev–Trinajstić information content (AvgIpc) is 3.07. The van der Waals surface area contributed by atoms with Crippen molar-refractivity contribution in [1.82, 2.24) is 0 Å². The Kier molecular flexibility index (Phi) is 28.1. The highest BCUT2D eigenvalue weighted by Gasteiger charge is 2.42. The van der Waals surface area contributed by atoms with E-state index in [1.165, 1.54) is 166 Å². The SMILES string of the molecule is CCCCCCCCCCCCCCSC(C)CC1OCC2(CO1)COC(CC(C)SCCCCCCCCCCCCCC)OC2. The lowest BCUT2D eigenvalue weighted by molar-refractivity contribution is -0.303. The molecule has 2 fully saturated rings. The molecule has 0 amide bonds. The number of rotatable bonds is 32. The van der Waals surface area contributed by atoms with Crippen molar-refractivity contribution in [3.8, 4) is 0 Å². The molecule has 1 spiro atoms. The molecule has 0 saturated carbocycles. The summed E-state index contributed by atoms with van der Waals surface area (Å²) in [6, 6.07) is 0. The van der Waals surface area contributed by atoms with E-state index >= 15 is 0 Å². The molecule has 0 aromatic rings. The second kappa shape index (κ2) is 30.2. The van der Waals surface area contributed by atoms with Gasteiger partial charge in [-0.05, 0) is 24.3 Å². The van der Waals surface area contributed by atoms with Crippen molar-refractivity contribution < 1.29 is 18.9 Å². The Bertz CT molecular complexity index is 604. The van der Waals surface area contributed by atoms with E-state index in [0.717, 1.165) is 12.8 Å². The summed E-state index contributed by atoms with van der Waals surface area (Å²) in [5.74, 6) is 2.52. The highest BCUT2D eigenvalue weighted by Crippen LogP contribution is 2.34. The molecular weight excluding hydrogens is 621 g/mol. The molecule has 280 valence electrons. The summed E-state index contributed by atoms with van der Waals surface area (Å²) < 4.78 is 24.8. The fourth-order valence-electron chi connectivity index (χ4n) is 6.83. The van der Waals surface area contributed by atoms with Gasteiger partial charge in [-0.2, -0.15) is 23.5 Å². The molecule has 6 heteroatoms. The molecule has 2 saturated heterocycles. The maximum Gasteiger partial charge on any atom is 0.158 e. The second-order valence-corrected chi connectivity index (χ2v) is 18.3. The van der Waals surface area contributed by atoms with Gasteiger partial charge < -0.3 is 18.9 Å². The van der Waals surface area contributed by atoms with Crippen LogP contribution >= 0.6 is 23.5 Å². The highest BCUT2D eigenvalue weighted by atomic mass is 32.2. The van der Waals surface area contributed by atoms with Gasteiger partial charge in [0.25, 0.3) is 0 Å². The van der Waals surface area contributed by atoms with E-state index in [0.29, 0.717) is 36.9 Å². The Morgan fingerprint density at radius 2 is 0.681 bits per heavy atom. The van der Waals surface area contributed by atoms with E-state index in [2.05, 4.69) is 51.2 Å². The van der Waals surface area contributed by atoms with Crippen molar-refractivity contribution in [2.75, 3.05) is 37.9 Å². The number of unbranched alkanes of at least 4 members (excludes halogenated alkanes) is 22. The van der Waals surface area contributed by atoms with E-state index < -0.39 is 0 Å². The summed E-state index contributed by atoms with van der Waals surface area (Å²) in [4.78, 5) is 0. The van der Waals surface area contributed by atoms with Crippen LogP contribution in [0.25, 0.3) is 0 Å². The van der Waals surface area contributed by atoms with Crippen LogP contribution in [-0.4, -0.2) is 61.0 Å². The molecule has 2 atom stereocenters. The van der Waals surface area contributed by atoms with Crippen LogP contribution in [0, 0.1) is 5.41 Å². The fraction of sp³-hybridized carbons (Fsp3) is 1.00. The van der Waals surface area contributed by atoms with Gasteiger partial charge in [-0.15, -0.1) is 0 Å². The number of ether oxygens (including phenoxy) is 4. The van der Waals surface area contributed by atoms with Crippen LogP contribution in [0.15, 0.2) is 0 Å². The first kappa shape index (κ1) is 43.7. The van der Waals surface area contributed by atoms with Crippen LogP contribution in [0.2, 0.25) is 0 Å². The van der Waals surface area contributed by atoms with E-state index in [-0.39, 0.29) is 18.0 Å². The molecule has 0 aromatic heterocycles. The van der Waals surface area contributed by atoms with Crippen molar-refractivity contribution in [3.63, 3.8) is 0 Å². The van der Waals surface area contributed by atoms with Crippen molar-refractivity contribution >= 4 is 23.5 Å². The fourth-order valence-corrected chi connectivity index (χ4v) is 8.96. The third kappa shape index (κ3) is 23.6. The maximum atomic E-state index is 6.21. The molecule has 2 heterocycles. The van der Waals surface area contributed by atoms with Crippen molar-refractivity contribution in [3.05, 3.63) is 0 Å². The van der Waals surface area contributed by atoms with Gasteiger partial charge in [-0.1, -0.05) is 169 Å². The monoisotopic (exact) mass is 701 g/mol. The third-order valence-corrected chi connectivity index (χ3v) is 12.7. The molecule has 2 unspecified atom stereocenters. The maximum absolute atomic E-state index is 6.21. The molecule has 0 radical (unpaired) electrons. The number of hydrogen-bond donors (Lipinski definition) is 0. The Morgan fingerprint density at radius 1 is 0.426 bits per heavy atom. The van der Waals surface area contributed by atoms with Gasteiger partial charge in [0, 0.05) is 23.3 Å². The van der Waals surface area contributed by atoms with Gasteiger partial charge in [-0.3, -0.25) is 0 Å². The minimum absolute atomic E-state index is 0.0837. The summed E-state index contributed by atoms with van der Waals surface area (Å²) in [6.07, 6.45) is 35.7. The largest absolute Gasteiger partial charge is 0.352 e. The van der Waals surface area contributed by atoms with Crippen molar-refractivity contribution in [1.29, 1.82) is 0 Å². The van der Waals surface area contributed by atoms with E-state index in [9.17, 15) is 0 Å². The molecule has 2 aliphatic rings. The van der Waals surface area contributed by atoms with Crippen LogP contribution in [0.5, 0.6) is 0 Å². The summed E-state index contributed by atoms with van der Waals surface area (Å²) >= 11 is 4.18. The lowest BCUT2D eigenvalue weighted by atomic mass is 9.90. The predicted molar refractivity (Wildman–Crippen MR) is 209 cm³/mol. The Hall–Kier alpha value is 0.540. The van der Waals surface area contributed by atoms with Gasteiger partial charge in [0.1, 0.15) is 0 Å². The number of thioether (sulfide) groups is 2. The zero-order valence-electron chi connectivity index (χ0n) is 31.9. The smallest absolute Gasteiger partial charge is 0.158 e. The van der Waals surface area contributed by atoms with Crippen molar-refractivity contribution in [2.24, 2.45) is 5.41 Å². The Morgan fingerprint density at radius 3 is 0.957 bits per heavy atom. The number of hydrogen-bond acceptors (Lipinski definition) is 6. The van der Waals surface area contributed by atoms with Crippen LogP contribution < -0.4 is 0 Å². The first-order valence-corrected chi connectivity index (χ1v) is 22.9. The normalized spacial score (nSPS) is 23.0. The molecular formula is C41H80O4S2. The summed E-state index contributed by atoms with van der Waals surface area (Å²) in [6.45, 7) is 12.0.